The molecule has 0 saturated heterocycles. The number of hydrogen-bond donors (Lipinski definition) is 1. The summed E-state index contributed by atoms with van der Waals surface area (Å²) in [6.07, 6.45) is 2.54. The molecule has 1 aromatic rings. The van der Waals surface area contributed by atoms with Crippen molar-refractivity contribution in [2.45, 2.75) is 0 Å². The molecule has 0 aromatic carbocycles. The molecule has 2 N–H and O–H groups in total. The summed E-state index contributed by atoms with van der Waals surface area (Å²) in [6, 6.07) is 3.58. The molecule has 7 nitrogen and oxygen atoms in total. The van der Waals surface area contributed by atoms with Crippen molar-refractivity contribution in [1.29, 1.82) is 10.5 Å². The van der Waals surface area contributed by atoms with Gasteiger partial charge in [-0.3, -0.25) is 9.78 Å². The lowest BCUT2D eigenvalue weighted by molar-refractivity contribution is 0.0788. The molecule has 0 unspecified atom stereocenters. The molecule has 0 aliphatic rings. The van der Waals surface area contributed by atoms with Crippen LogP contribution in [0.3, 0.4) is 0 Å². The van der Waals surface area contributed by atoms with Crippen LogP contribution in [-0.2, 0) is 0 Å². The zero-order valence-electron chi connectivity index (χ0n) is 8.29. The number of amides is 1. The first kappa shape index (κ1) is 11.4. The summed E-state index contributed by atoms with van der Waals surface area (Å²) in [4.78, 5) is 20.3. The number of carbonyl (C=O) groups is 1. The molecule has 0 aliphatic heterocycles. The van der Waals surface area contributed by atoms with Crippen LogP contribution in [0.5, 0.6) is 0 Å². The zero-order chi connectivity index (χ0) is 12.0. The summed E-state index contributed by atoms with van der Waals surface area (Å²) < 4.78 is 0. The van der Waals surface area contributed by atoms with Crippen molar-refractivity contribution in [3.05, 3.63) is 18.1 Å². The predicted octanol–water partition coefficient (Wildman–Crippen LogP) is -0.452. The Morgan fingerprint density at radius 3 is 2.50 bits per heavy atom. The van der Waals surface area contributed by atoms with Gasteiger partial charge in [0, 0.05) is 0 Å². The Labute approximate surface area is 91.7 Å². The summed E-state index contributed by atoms with van der Waals surface area (Å²) >= 11 is 0. The van der Waals surface area contributed by atoms with Crippen LogP contribution in [0.15, 0.2) is 12.4 Å². The molecular formula is C9H8N6O. The lowest BCUT2D eigenvalue weighted by Gasteiger charge is -2.14. The predicted molar refractivity (Wildman–Crippen MR) is 53.6 cm³/mol. The van der Waals surface area contributed by atoms with Gasteiger partial charge in [0.05, 0.1) is 24.5 Å². The quantitative estimate of drug-likeness (QED) is 0.683. The molecule has 0 fully saturated rings. The summed E-state index contributed by atoms with van der Waals surface area (Å²) in [6.45, 7) is -0.355. The van der Waals surface area contributed by atoms with Crippen LogP contribution in [0.4, 0.5) is 5.82 Å². The van der Waals surface area contributed by atoms with Gasteiger partial charge in [0.15, 0.2) is 0 Å². The lowest BCUT2D eigenvalue weighted by Crippen LogP contribution is -2.32. The van der Waals surface area contributed by atoms with Crippen LogP contribution in [0, 0.1) is 22.7 Å². The van der Waals surface area contributed by atoms with Crippen LogP contribution in [0.2, 0.25) is 0 Å². The van der Waals surface area contributed by atoms with Crippen molar-refractivity contribution in [1.82, 2.24) is 14.9 Å². The highest BCUT2D eigenvalue weighted by Crippen LogP contribution is 2.02. The summed E-state index contributed by atoms with van der Waals surface area (Å²) in [5.74, 6) is -0.428. The van der Waals surface area contributed by atoms with Gasteiger partial charge in [0.25, 0.3) is 5.91 Å². The summed E-state index contributed by atoms with van der Waals surface area (Å²) in [7, 11) is 0. The molecule has 1 aromatic heterocycles. The standard InChI is InChI=1S/C9H8N6O/c10-1-3-15(4-2-11)9(16)7-5-13-6-8(12)14-7/h5-6H,3-4H2,(H2,12,14). The van der Waals surface area contributed by atoms with Gasteiger partial charge in [0.1, 0.15) is 24.6 Å². The Morgan fingerprint density at radius 2 is 2.00 bits per heavy atom. The first-order valence-corrected chi connectivity index (χ1v) is 4.29. The van der Waals surface area contributed by atoms with Crippen molar-refractivity contribution >= 4 is 11.7 Å². The minimum absolute atomic E-state index is 0.0190. The Kier molecular flexibility index (Phi) is 3.76. The van der Waals surface area contributed by atoms with Gasteiger partial charge in [-0.25, -0.2) is 4.98 Å². The monoisotopic (exact) mass is 216 g/mol. The average Bonchev–Trinajstić information content (AvgIpc) is 2.28. The maximum atomic E-state index is 11.7. The number of nitriles is 2. The van der Waals surface area contributed by atoms with Crippen LogP contribution < -0.4 is 5.73 Å². The van der Waals surface area contributed by atoms with E-state index in [-0.39, 0.29) is 24.6 Å². The first-order chi connectivity index (χ1) is 7.69. The van der Waals surface area contributed by atoms with Crippen LogP contribution >= 0.6 is 0 Å². The van der Waals surface area contributed by atoms with Gasteiger partial charge in [-0.2, -0.15) is 10.5 Å². The molecule has 0 radical (unpaired) electrons. The van der Waals surface area contributed by atoms with Crippen molar-refractivity contribution in [3.8, 4) is 12.1 Å². The van der Waals surface area contributed by atoms with E-state index in [9.17, 15) is 4.79 Å². The molecule has 80 valence electrons. The zero-order valence-corrected chi connectivity index (χ0v) is 8.29. The van der Waals surface area contributed by atoms with E-state index in [0.29, 0.717) is 0 Å². The minimum atomic E-state index is -0.539. The SMILES string of the molecule is N#CCN(CC#N)C(=O)c1cncc(N)n1. The van der Waals surface area contributed by atoms with Gasteiger partial charge in [-0.1, -0.05) is 0 Å². The first-order valence-electron chi connectivity index (χ1n) is 4.29. The molecule has 1 heterocycles. The maximum absolute atomic E-state index is 11.7. The van der Waals surface area contributed by atoms with Crippen molar-refractivity contribution in [3.63, 3.8) is 0 Å². The van der Waals surface area contributed by atoms with Gasteiger partial charge in [-0.05, 0) is 0 Å². The third-order valence-electron chi connectivity index (χ3n) is 1.68. The molecule has 0 bridgehead atoms. The Morgan fingerprint density at radius 1 is 1.38 bits per heavy atom. The van der Waals surface area contributed by atoms with E-state index < -0.39 is 5.91 Å². The summed E-state index contributed by atoms with van der Waals surface area (Å²) in [5, 5.41) is 17.0. The van der Waals surface area contributed by atoms with E-state index in [1.807, 2.05) is 0 Å². The third kappa shape index (κ3) is 2.66. The number of rotatable bonds is 3. The van der Waals surface area contributed by atoms with Crippen LogP contribution in [0.25, 0.3) is 0 Å². The van der Waals surface area contributed by atoms with E-state index in [0.717, 1.165) is 4.90 Å². The number of nitrogens with two attached hydrogens (primary N) is 1. The van der Waals surface area contributed by atoms with Crippen molar-refractivity contribution in [2.75, 3.05) is 18.8 Å². The van der Waals surface area contributed by atoms with Gasteiger partial charge in [-0.15, -0.1) is 0 Å². The fourth-order valence-corrected chi connectivity index (χ4v) is 1.02. The fraction of sp³-hybridized carbons (Fsp3) is 0.222. The number of anilines is 1. The van der Waals surface area contributed by atoms with Gasteiger partial charge in [0.2, 0.25) is 0 Å². The van der Waals surface area contributed by atoms with Gasteiger partial charge >= 0.3 is 0 Å². The minimum Gasteiger partial charge on any atom is -0.382 e. The van der Waals surface area contributed by atoms with Crippen LogP contribution in [0.1, 0.15) is 10.5 Å². The Bertz CT molecular complexity index is 456. The molecule has 16 heavy (non-hydrogen) atoms. The number of nitrogen functional groups attached to an aromatic ring is 1. The van der Waals surface area contributed by atoms with Crippen molar-refractivity contribution in [2.24, 2.45) is 0 Å². The average molecular weight is 216 g/mol. The second-order valence-corrected chi connectivity index (χ2v) is 2.81. The number of aromatic nitrogens is 2. The normalized spacial score (nSPS) is 8.88. The highest BCUT2D eigenvalue weighted by Gasteiger charge is 2.16. The molecule has 0 spiro atoms. The second-order valence-electron chi connectivity index (χ2n) is 2.81. The number of hydrogen-bond acceptors (Lipinski definition) is 6. The van der Waals surface area contributed by atoms with E-state index >= 15 is 0 Å². The molecule has 0 saturated carbocycles. The molecule has 0 atom stereocenters. The lowest BCUT2D eigenvalue weighted by atomic mass is 10.3. The highest BCUT2D eigenvalue weighted by molar-refractivity contribution is 5.92. The Hall–Kier alpha value is -2.67. The largest absolute Gasteiger partial charge is 0.382 e. The topological polar surface area (TPSA) is 120 Å². The molecule has 1 rings (SSSR count). The maximum Gasteiger partial charge on any atom is 0.275 e. The second kappa shape index (κ2) is 5.27. The Balaban J connectivity index is 2.91. The number of nitrogens with zero attached hydrogens (tertiary/aromatic N) is 5. The highest BCUT2D eigenvalue weighted by atomic mass is 16.2. The van der Waals surface area contributed by atoms with E-state index in [1.165, 1.54) is 12.4 Å². The third-order valence-corrected chi connectivity index (χ3v) is 1.68. The van der Waals surface area contributed by atoms with E-state index in [4.69, 9.17) is 16.3 Å². The van der Waals surface area contributed by atoms with E-state index in [1.54, 1.807) is 12.1 Å². The molecule has 1 amide bonds. The van der Waals surface area contributed by atoms with Crippen molar-refractivity contribution < 1.29 is 4.79 Å². The smallest absolute Gasteiger partial charge is 0.275 e. The summed E-state index contributed by atoms with van der Waals surface area (Å²) in [5.41, 5.74) is 5.39. The number of carbonyl (C=O) groups excluding carboxylic acids is 1. The molecule has 7 heteroatoms. The van der Waals surface area contributed by atoms with E-state index in [2.05, 4.69) is 9.97 Å². The van der Waals surface area contributed by atoms with Gasteiger partial charge < -0.3 is 10.6 Å². The van der Waals surface area contributed by atoms with Crippen LogP contribution in [-0.4, -0.2) is 33.9 Å². The fourth-order valence-electron chi connectivity index (χ4n) is 1.02. The molecule has 0 aliphatic carbocycles. The molecular weight excluding hydrogens is 208 g/mol.